The highest BCUT2D eigenvalue weighted by Crippen LogP contribution is 2.43. The summed E-state index contributed by atoms with van der Waals surface area (Å²) in [4.78, 5) is 27.8. The molecule has 1 atom stereocenters. The molecule has 0 aromatic heterocycles. The number of aryl methyl sites for hydroxylation is 2. The number of aromatic hydroxyl groups is 1. The van der Waals surface area contributed by atoms with Gasteiger partial charge < -0.3 is 10.2 Å². The molecule has 2 aliphatic rings. The Bertz CT molecular complexity index is 1310. The molecule has 1 fully saturated rings. The summed E-state index contributed by atoms with van der Waals surface area (Å²) in [5.41, 5.74) is 3.84. The topological polar surface area (TPSA) is 77.8 Å². The van der Waals surface area contributed by atoms with Crippen LogP contribution >= 0.6 is 11.6 Å². The number of carbonyl (C=O) groups excluding carboxylic acids is 2. The van der Waals surface area contributed by atoms with Gasteiger partial charge in [-0.15, -0.1) is 0 Å². The Balaban J connectivity index is 1.71. The number of phenolic OH excluding ortho intramolecular Hbond substituents is 1. The first-order valence-corrected chi connectivity index (χ1v) is 11.3. The van der Waals surface area contributed by atoms with E-state index in [2.05, 4.69) is 0 Å². The van der Waals surface area contributed by atoms with E-state index in [1.165, 1.54) is 22.6 Å². The van der Waals surface area contributed by atoms with Gasteiger partial charge in [0, 0.05) is 16.3 Å². The number of fused-ring (bicyclic) bond motifs is 1. The molecule has 5 rings (SSSR count). The number of phenols is 1. The van der Waals surface area contributed by atoms with Crippen LogP contribution in [0.5, 0.6) is 5.75 Å². The molecule has 0 radical (unpaired) electrons. The highest BCUT2D eigenvalue weighted by atomic mass is 35.5. The molecule has 3 aromatic rings. The van der Waals surface area contributed by atoms with Crippen molar-refractivity contribution < 1.29 is 19.8 Å². The van der Waals surface area contributed by atoms with Crippen molar-refractivity contribution in [2.75, 3.05) is 4.90 Å². The maximum Gasteiger partial charge on any atom is 0.300 e. The molecule has 1 aliphatic heterocycles. The van der Waals surface area contributed by atoms with Gasteiger partial charge in [-0.05, 0) is 78.8 Å². The highest BCUT2D eigenvalue weighted by Gasteiger charge is 2.47. The molecule has 1 heterocycles. The second-order valence-electron chi connectivity index (χ2n) is 8.43. The molecule has 166 valence electrons. The molecule has 1 unspecified atom stereocenters. The van der Waals surface area contributed by atoms with Crippen LogP contribution in [0.3, 0.4) is 0 Å². The van der Waals surface area contributed by atoms with Crippen LogP contribution < -0.4 is 4.90 Å². The highest BCUT2D eigenvalue weighted by molar-refractivity contribution is 6.51. The van der Waals surface area contributed by atoms with E-state index in [0.717, 1.165) is 31.2 Å². The molecule has 3 aromatic carbocycles. The minimum Gasteiger partial charge on any atom is -0.508 e. The average molecular weight is 460 g/mol. The van der Waals surface area contributed by atoms with Gasteiger partial charge in [0.15, 0.2) is 0 Å². The van der Waals surface area contributed by atoms with Crippen molar-refractivity contribution in [1.29, 1.82) is 0 Å². The average Bonchev–Trinajstić information content (AvgIpc) is 3.09. The van der Waals surface area contributed by atoms with Crippen LogP contribution in [0.2, 0.25) is 5.02 Å². The van der Waals surface area contributed by atoms with Crippen LogP contribution in [0, 0.1) is 0 Å². The van der Waals surface area contributed by atoms with Gasteiger partial charge in [0.25, 0.3) is 11.7 Å². The third-order valence-corrected chi connectivity index (χ3v) is 6.57. The summed E-state index contributed by atoms with van der Waals surface area (Å²) in [6.07, 6.45) is 4.14. The van der Waals surface area contributed by atoms with Crippen LogP contribution in [0.4, 0.5) is 5.69 Å². The number of hydrogen-bond acceptors (Lipinski definition) is 4. The molecule has 5 nitrogen and oxygen atoms in total. The summed E-state index contributed by atoms with van der Waals surface area (Å²) in [6, 6.07) is 17.8. The van der Waals surface area contributed by atoms with Crippen molar-refractivity contribution in [2.45, 2.75) is 31.7 Å². The first-order valence-electron chi connectivity index (χ1n) is 10.9. The summed E-state index contributed by atoms with van der Waals surface area (Å²) < 4.78 is 0. The van der Waals surface area contributed by atoms with E-state index in [0.29, 0.717) is 21.8 Å². The quantitative estimate of drug-likeness (QED) is 0.306. The first kappa shape index (κ1) is 21.3. The number of hydrogen-bond donors (Lipinski definition) is 2. The molecule has 2 N–H and O–H groups in total. The number of halogens is 1. The smallest absolute Gasteiger partial charge is 0.300 e. The zero-order valence-electron chi connectivity index (χ0n) is 17.8. The Morgan fingerprint density at radius 3 is 2.42 bits per heavy atom. The van der Waals surface area contributed by atoms with Crippen LogP contribution in [0.1, 0.15) is 41.1 Å². The molecule has 0 bridgehead atoms. The van der Waals surface area contributed by atoms with E-state index in [4.69, 9.17) is 11.6 Å². The third-order valence-electron chi connectivity index (χ3n) is 6.34. The lowest BCUT2D eigenvalue weighted by Crippen LogP contribution is -2.29. The van der Waals surface area contributed by atoms with Gasteiger partial charge in [-0.1, -0.05) is 41.9 Å². The molecule has 1 aliphatic carbocycles. The van der Waals surface area contributed by atoms with E-state index in [1.54, 1.807) is 42.5 Å². The minimum atomic E-state index is -0.911. The fourth-order valence-electron chi connectivity index (χ4n) is 4.77. The Labute approximate surface area is 196 Å². The lowest BCUT2D eigenvalue weighted by atomic mass is 9.88. The number of benzene rings is 3. The number of aliphatic hydroxyl groups excluding tert-OH is 1. The first-order chi connectivity index (χ1) is 15.9. The van der Waals surface area contributed by atoms with E-state index in [1.807, 2.05) is 12.1 Å². The van der Waals surface area contributed by atoms with Gasteiger partial charge in [0.1, 0.15) is 11.5 Å². The maximum atomic E-state index is 13.2. The number of anilines is 1. The van der Waals surface area contributed by atoms with Crippen molar-refractivity contribution in [3.63, 3.8) is 0 Å². The molecule has 1 amide bonds. The standard InChI is InChI=1S/C27H22ClNO4/c28-20-8-4-9-21(15-20)29-24(18-7-3-10-22(30)14-18)23(26(32)27(29)33)25(31)19-12-11-16-5-1-2-6-17(16)13-19/h3-4,7-15,24,30-31H,1-2,5-6H2/b25-23-. The van der Waals surface area contributed by atoms with Gasteiger partial charge in [0.2, 0.25) is 0 Å². The van der Waals surface area contributed by atoms with Gasteiger partial charge in [0.05, 0.1) is 11.6 Å². The van der Waals surface area contributed by atoms with Crippen LogP contribution in [-0.2, 0) is 22.4 Å². The number of nitrogens with zero attached hydrogens (tertiary/aromatic N) is 1. The van der Waals surface area contributed by atoms with E-state index in [-0.39, 0.29) is 17.1 Å². The number of amides is 1. The number of ketones is 1. The Morgan fingerprint density at radius 2 is 1.67 bits per heavy atom. The minimum absolute atomic E-state index is 0.00189. The summed E-state index contributed by atoms with van der Waals surface area (Å²) in [7, 11) is 0. The third kappa shape index (κ3) is 3.79. The predicted octanol–water partition coefficient (Wildman–Crippen LogP) is 5.55. The molecule has 0 spiro atoms. The summed E-state index contributed by atoms with van der Waals surface area (Å²) in [5.74, 6) is -1.76. The number of rotatable bonds is 3. The molecule has 1 saturated heterocycles. The number of Topliss-reactive ketones (excluding diaryl/α,β-unsaturated/α-hetero) is 1. The van der Waals surface area contributed by atoms with Crippen molar-refractivity contribution in [3.8, 4) is 5.75 Å². The second-order valence-corrected chi connectivity index (χ2v) is 8.87. The van der Waals surface area contributed by atoms with Crippen molar-refractivity contribution in [1.82, 2.24) is 0 Å². The fraction of sp³-hybridized carbons (Fsp3) is 0.185. The zero-order valence-corrected chi connectivity index (χ0v) is 18.5. The molecule has 6 heteroatoms. The Hall–Kier alpha value is -3.57. The SMILES string of the molecule is O=C1C(=O)N(c2cccc(Cl)c2)C(c2cccc(O)c2)/C1=C(/O)c1ccc2c(c1)CCCC2. The van der Waals surface area contributed by atoms with Crippen molar-refractivity contribution in [2.24, 2.45) is 0 Å². The van der Waals surface area contributed by atoms with Crippen LogP contribution in [0.25, 0.3) is 5.76 Å². The van der Waals surface area contributed by atoms with Crippen LogP contribution in [-0.4, -0.2) is 21.9 Å². The lowest BCUT2D eigenvalue weighted by Gasteiger charge is -2.26. The predicted molar refractivity (Wildman–Crippen MR) is 127 cm³/mol. The van der Waals surface area contributed by atoms with E-state index in [9.17, 15) is 19.8 Å². The Kier molecular flexibility index (Phi) is 5.43. The summed E-state index contributed by atoms with van der Waals surface area (Å²) in [6.45, 7) is 0. The van der Waals surface area contributed by atoms with Gasteiger partial charge >= 0.3 is 0 Å². The molecule has 33 heavy (non-hydrogen) atoms. The molecular formula is C27H22ClNO4. The monoisotopic (exact) mass is 459 g/mol. The largest absolute Gasteiger partial charge is 0.508 e. The number of aliphatic hydroxyl groups is 1. The Morgan fingerprint density at radius 1 is 0.909 bits per heavy atom. The van der Waals surface area contributed by atoms with Crippen LogP contribution in [0.15, 0.2) is 72.3 Å². The van der Waals surface area contributed by atoms with Crippen molar-refractivity contribution >= 4 is 34.7 Å². The summed E-state index contributed by atoms with van der Waals surface area (Å²) in [5, 5.41) is 21.8. The molecule has 0 saturated carbocycles. The fourth-order valence-corrected chi connectivity index (χ4v) is 4.96. The van der Waals surface area contributed by atoms with Gasteiger partial charge in [-0.25, -0.2) is 0 Å². The van der Waals surface area contributed by atoms with E-state index < -0.39 is 17.7 Å². The van der Waals surface area contributed by atoms with Crippen molar-refractivity contribution in [3.05, 3.63) is 99.6 Å². The lowest BCUT2D eigenvalue weighted by molar-refractivity contribution is -0.132. The number of carbonyl (C=O) groups is 2. The van der Waals surface area contributed by atoms with Gasteiger partial charge in [-0.3, -0.25) is 14.5 Å². The molecular weight excluding hydrogens is 438 g/mol. The van der Waals surface area contributed by atoms with Gasteiger partial charge in [-0.2, -0.15) is 0 Å². The maximum absolute atomic E-state index is 13.2. The zero-order chi connectivity index (χ0) is 23.1. The summed E-state index contributed by atoms with van der Waals surface area (Å²) >= 11 is 6.16. The van der Waals surface area contributed by atoms with E-state index >= 15 is 0 Å². The second kappa shape index (κ2) is 8.41. The normalized spacial score (nSPS) is 19.5.